The van der Waals surface area contributed by atoms with Crippen LogP contribution in [0.2, 0.25) is 0 Å². The molecular weight excluding hydrogens is 352 g/mol. The molecule has 2 heterocycles. The molecule has 0 bridgehead atoms. The van der Waals surface area contributed by atoms with Crippen LogP contribution in [-0.2, 0) is 6.54 Å². The summed E-state index contributed by atoms with van der Waals surface area (Å²) in [5, 5.41) is 0. The van der Waals surface area contributed by atoms with Crippen LogP contribution < -0.4 is 14.2 Å². The maximum atomic E-state index is 5.72. The molecule has 0 radical (unpaired) electrons. The van der Waals surface area contributed by atoms with Gasteiger partial charge >= 0.3 is 0 Å². The van der Waals surface area contributed by atoms with E-state index in [4.69, 9.17) is 14.2 Å². The largest absolute Gasteiger partial charge is 0.496 e. The molecule has 5 heteroatoms. The molecule has 0 N–H and O–H groups in total. The minimum Gasteiger partial charge on any atom is -0.496 e. The van der Waals surface area contributed by atoms with E-state index < -0.39 is 0 Å². The van der Waals surface area contributed by atoms with Gasteiger partial charge < -0.3 is 14.2 Å². The van der Waals surface area contributed by atoms with Crippen LogP contribution in [0, 0.1) is 5.92 Å². The number of fused-ring (bicyclic) bond motifs is 1. The van der Waals surface area contributed by atoms with Crippen LogP contribution >= 0.6 is 0 Å². The number of methoxy groups -OCH3 is 3. The molecule has 1 aliphatic carbocycles. The number of hydrogen-bond acceptors (Lipinski definition) is 5. The van der Waals surface area contributed by atoms with Crippen LogP contribution in [0.4, 0.5) is 0 Å². The average molecular weight is 389 g/mol. The lowest BCUT2D eigenvalue weighted by Gasteiger charge is -2.49. The quantitative estimate of drug-likeness (QED) is 0.737. The summed E-state index contributed by atoms with van der Waals surface area (Å²) in [5.41, 5.74) is 1.20. The molecule has 0 aromatic heterocycles. The van der Waals surface area contributed by atoms with Crippen LogP contribution in [-0.4, -0.2) is 62.8 Å². The molecule has 2 saturated heterocycles. The zero-order valence-electron chi connectivity index (χ0n) is 17.8. The number of piperazine rings is 1. The van der Waals surface area contributed by atoms with E-state index in [0.717, 1.165) is 42.3 Å². The van der Waals surface area contributed by atoms with Crippen molar-refractivity contribution in [1.29, 1.82) is 0 Å². The van der Waals surface area contributed by atoms with Crippen molar-refractivity contribution in [3.63, 3.8) is 0 Å². The van der Waals surface area contributed by atoms with E-state index in [2.05, 4.69) is 15.9 Å². The fourth-order valence-corrected chi connectivity index (χ4v) is 5.87. The standard InChI is InChI=1S/C23H36N2O3/c1-26-20-15-22(28-3)21(27-2)14-18(20)16-25-13-12-24-11-7-10-19(24)23(25)17-8-5-4-6-9-17/h14-15,17,19,23H,4-13,16H2,1-3H3. The molecule has 0 spiro atoms. The number of benzene rings is 1. The summed E-state index contributed by atoms with van der Waals surface area (Å²) < 4.78 is 16.8. The van der Waals surface area contributed by atoms with Crippen LogP contribution in [0.15, 0.2) is 12.1 Å². The molecule has 4 rings (SSSR count). The number of hydrogen-bond donors (Lipinski definition) is 0. The Kier molecular flexibility index (Phi) is 6.32. The third-order valence-electron chi connectivity index (χ3n) is 7.20. The van der Waals surface area contributed by atoms with Crippen molar-refractivity contribution >= 4 is 0 Å². The predicted octanol–water partition coefficient (Wildman–Crippen LogP) is 3.94. The summed E-state index contributed by atoms with van der Waals surface area (Å²) >= 11 is 0. The Morgan fingerprint density at radius 1 is 0.786 bits per heavy atom. The molecule has 3 aliphatic rings. The van der Waals surface area contributed by atoms with Crippen molar-refractivity contribution < 1.29 is 14.2 Å². The summed E-state index contributed by atoms with van der Waals surface area (Å²) in [6.45, 7) is 4.56. The van der Waals surface area contributed by atoms with Gasteiger partial charge in [-0.3, -0.25) is 9.80 Å². The summed E-state index contributed by atoms with van der Waals surface area (Å²) in [7, 11) is 5.13. The molecule has 1 aromatic carbocycles. The van der Waals surface area contributed by atoms with Crippen molar-refractivity contribution in [1.82, 2.24) is 9.80 Å². The van der Waals surface area contributed by atoms with E-state index in [1.54, 1.807) is 21.3 Å². The van der Waals surface area contributed by atoms with Gasteiger partial charge in [0.1, 0.15) is 5.75 Å². The predicted molar refractivity (Wildman–Crippen MR) is 111 cm³/mol. The Balaban J connectivity index is 1.61. The van der Waals surface area contributed by atoms with Gasteiger partial charge in [-0.1, -0.05) is 19.3 Å². The van der Waals surface area contributed by atoms with E-state index in [1.807, 2.05) is 6.07 Å². The molecule has 2 atom stereocenters. The zero-order valence-corrected chi connectivity index (χ0v) is 17.8. The molecule has 0 amide bonds. The summed E-state index contributed by atoms with van der Waals surface area (Å²) in [6.07, 6.45) is 9.75. The molecule has 1 aromatic rings. The molecular formula is C23H36N2O3. The van der Waals surface area contributed by atoms with Crippen LogP contribution in [0.5, 0.6) is 17.2 Å². The first kappa shape index (κ1) is 19.8. The van der Waals surface area contributed by atoms with Crippen LogP contribution in [0.1, 0.15) is 50.5 Å². The highest BCUT2D eigenvalue weighted by Gasteiger charge is 2.43. The highest BCUT2D eigenvalue weighted by atomic mass is 16.5. The fraction of sp³-hybridized carbons (Fsp3) is 0.739. The first-order valence-corrected chi connectivity index (χ1v) is 11.0. The highest BCUT2D eigenvalue weighted by molar-refractivity contribution is 5.50. The van der Waals surface area contributed by atoms with Gasteiger partial charge in [-0.2, -0.15) is 0 Å². The topological polar surface area (TPSA) is 34.2 Å². The van der Waals surface area contributed by atoms with E-state index in [-0.39, 0.29) is 0 Å². The summed E-state index contributed by atoms with van der Waals surface area (Å²) in [4.78, 5) is 5.52. The Bertz CT molecular complexity index is 659. The minimum absolute atomic E-state index is 0.675. The van der Waals surface area contributed by atoms with Gasteiger partial charge in [-0.25, -0.2) is 0 Å². The molecule has 28 heavy (non-hydrogen) atoms. The van der Waals surface area contributed by atoms with Gasteiger partial charge in [0.2, 0.25) is 0 Å². The van der Waals surface area contributed by atoms with Gasteiger partial charge in [0.25, 0.3) is 0 Å². The van der Waals surface area contributed by atoms with E-state index in [9.17, 15) is 0 Å². The number of rotatable bonds is 6. The zero-order chi connectivity index (χ0) is 19.5. The second-order valence-electron chi connectivity index (χ2n) is 8.62. The van der Waals surface area contributed by atoms with Gasteiger partial charge in [0.15, 0.2) is 11.5 Å². The van der Waals surface area contributed by atoms with Crippen LogP contribution in [0.3, 0.4) is 0 Å². The summed E-state index contributed by atoms with van der Waals surface area (Å²) in [5.74, 6) is 3.25. The van der Waals surface area contributed by atoms with E-state index in [1.165, 1.54) is 63.6 Å². The SMILES string of the molecule is COc1cc(OC)c(OC)cc1CN1CCN2CCCC2C1C1CCCCC1. The normalized spacial score (nSPS) is 26.8. The van der Waals surface area contributed by atoms with Gasteiger partial charge in [-0.05, 0) is 44.2 Å². The van der Waals surface area contributed by atoms with Gasteiger partial charge in [-0.15, -0.1) is 0 Å². The highest BCUT2D eigenvalue weighted by Crippen LogP contribution is 2.40. The Morgan fingerprint density at radius 2 is 1.50 bits per heavy atom. The average Bonchev–Trinajstić information content (AvgIpc) is 3.22. The molecule has 3 fully saturated rings. The molecule has 156 valence electrons. The van der Waals surface area contributed by atoms with Crippen molar-refractivity contribution in [2.75, 3.05) is 41.0 Å². The number of nitrogens with zero attached hydrogens (tertiary/aromatic N) is 2. The maximum Gasteiger partial charge on any atom is 0.164 e. The number of ether oxygens (including phenoxy) is 3. The lowest BCUT2D eigenvalue weighted by Crippen LogP contribution is -2.59. The molecule has 1 saturated carbocycles. The monoisotopic (exact) mass is 388 g/mol. The summed E-state index contributed by atoms with van der Waals surface area (Å²) in [6, 6.07) is 5.49. The second kappa shape index (κ2) is 8.91. The first-order chi connectivity index (χ1) is 13.7. The Morgan fingerprint density at radius 3 is 2.21 bits per heavy atom. The lowest BCUT2D eigenvalue weighted by molar-refractivity contribution is -0.00415. The second-order valence-corrected chi connectivity index (χ2v) is 8.62. The Hall–Kier alpha value is -1.46. The van der Waals surface area contributed by atoms with Crippen molar-refractivity contribution in [2.45, 2.75) is 63.6 Å². The van der Waals surface area contributed by atoms with E-state index >= 15 is 0 Å². The molecule has 2 unspecified atom stereocenters. The van der Waals surface area contributed by atoms with E-state index in [0.29, 0.717) is 6.04 Å². The first-order valence-electron chi connectivity index (χ1n) is 11.0. The molecule has 2 aliphatic heterocycles. The van der Waals surface area contributed by atoms with Gasteiger partial charge in [0, 0.05) is 43.3 Å². The maximum absolute atomic E-state index is 5.72. The molecule has 5 nitrogen and oxygen atoms in total. The Labute approximate surface area is 169 Å². The van der Waals surface area contributed by atoms with Crippen molar-refractivity contribution in [3.05, 3.63) is 17.7 Å². The third-order valence-corrected chi connectivity index (χ3v) is 7.20. The fourth-order valence-electron chi connectivity index (χ4n) is 5.87. The third kappa shape index (κ3) is 3.84. The smallest absolute Gasteiger partial charge is 0.164 e. The lowest BCUT2D eigenvalue weighted by atomic mass is 9.78. The van der Waals surface area contributed by atoms with Crippen molar-refractivity contribution in [2.24, 2.45) is 5.92 Å². The van der Waals surface area contributed by atoms with Crippen LogP contribution in [0.25, 0.3) is 0 Å². The van der Waals surface area contributed by atoms with Gasteiger partial charge in [0.05, 0.1) is 21.3 Å². The minimum atomic E-state index is 0.675. The van der Waals surface area contributed by atoms with Crippen molar-refractivity contribution in [3.8, 4) is 17.2 Å².